The van der Waals surface area contributed by atoms with Crippen molar-refractivity contribution in [3.05, 3.63) is 23.2 Å². The summed E-state index contributed by atoms with van der Waals surface area (Å²) >= 11 is 6.01. The van der Waals surface area contributed by atoms with Crippen LogP contribution in [0.2, 0.25) is 5.02 Å². The standard InChI is InChI=1S/C21H30ClN3O3/c1-28-19-8-7-17(22)14-18(19)23-20(26)15-24-9-11-25(12-10-24)21(27)13-16-5-3-2-4-6-16/h7-8,14,16H,2-6,9-13,15H2,1H3,(H,23,26). The van der Waals surface area contributed by atoms with E-state index in [1.54, 1.807) is 25.3 Å². The summed E-state index contributed by atoms with van der Waals surface area (Å²) in [5, 5.41) is 3.41. The highest BCUT2D eigenvalue weighted by atomic mass is 35.5. The maximum absolute atomic E-state index is 12.5. The van der Waals surface area contributed by atoms with Crippen LogP contribution in [0.15, 0.2) is 18.2 Å². The summed E-state index contributed by atoms with van der Waals surface area (Å²) in [6.45, 7) is 3.12. The van der Waals surface area contributed by atoms with E-state index in [0.717, 1.165) is 13.1 Å². The first kappa shape index (κ1) is 20.9. The maximum Gasteiger partial charge on any atom is 0.238 e. The third-order valence-electron chi connectivity index (χ3n) is 5.72. The number of methoxy groups -OCH3 is 1. The van der Waals surface area contributed by atoms with Crippen molar-refractivity contribution in [2.75, 3.05) is 45.2 Å². The highest BCUT2D eigenvalue weighted by Gasteiger charge is 2.25. The number of halogens is 1. The van der Waals surface area contributed by atoms with Crippen molar-refractivity contribution in [1.29, 1.82) is 0 Å². The lowest BCUT2D eigenvalue weighted by atomic mass is 9.86. The Morgan fingerprint density at radius 2 is 1.86 bits per heavy atom. The molecule has 0 spiro atoms. The van der Waals surface area contributed by atoms with Crippen molar-refractivity contribution in [2.45, 2.75) is 38.5 Å². The molecule has 0 unspecified atom stereocenters. The van der Waals surface area contributed by atoms with Gasteiger partial charge in [0.05, 0.1) is 19.3 Å². The summed E-state index contributed by atoms with van der Waals surface area (Å²) in [5.41, 5.74) is 0.571. The van der Waals surface area contributed by atoms with Crippen LogP contribution in [-0.4, -0.2) is 61.4 Å². The number of nitrogens with one attached hydrogen (secondary N) is 1. The molecule has 1 aliphatic heterocycles. The van der Waals surface area contributed by atoms with Gasteiger partial charge in [-0.1, -0.05) is 30.9 Å². The first-order valence-electron chi connectivity index (χ1n) is 10.2. The normalized spacial score (nSPS) is 18.7. The number of anilines is 1. The van der Waals surface area contributed by atoms with E-state index in [4.69, 9.17) is 16.3 Å². The second-order valence-electron chi connectivity index (χ2n) is 7.76. The van der Waals surface area contributed by atoms with Gasteiger partial charge in [-0.3, -0.25) is 14.5 Å². The predicted molar refractivity (Wildman–Crippen MR) is 111 cm³/mol. The number of hydrogen-bond acceptors (Lipinski definition) is 4. The van der Waals surface area contributed by atoms with Crippen LogP contribution in [0.3, 0.4) is 0 Å². The van der Waals surface area contributed by atoms with Gasteiger partial charge >= 0.3 is 0 Å². The molecule has 1 saturated heterocycles. The van der Waals surface area contributed by atoms with E-state index in [2.05, 4.69) is 10.2 Å². The SMILES string of the molecule is COc1ccc(Cl)cc1NC(=O)CN1CCN(C(=O)CC2CCCCC2)CC1. The summed E-state index contributed by atoms with van der Waals surface area (Å²) in [4.78, 5) is 29.0. The number of benzene rings is 1. The Hall–Kier alpha value is -1.79. The largest absolute Gasteiger partial charge is 0.495 e. The molecule has 1 N–H and O–H groups in total. The minimum absolute atomic E-state index is 0.109. The lowest BCUT2D eigenvalue weighted by Crippen LogP contribution is -2.50. The number of carbonyl (C=O) groups excluding carboxylic acids is 2. The molecule has 1 heterocycles. The van der Waals surface area contributed by atoms with E-state index in [9.17, 15) is 9.59 Å². The lowest BCUT2D eigenvalue weighted by molar-refractivity contribution is -0.134. The first-order valence-corrected chi connectivity index (χ1v) is 10.6. The minimum atomic E-state index is -0.109. The van der Waals surface area contributed by atoms with Crippen LogP contribution >= 0.6 is 11.6 Å². The summed E-state index contributed by atoms with van der Waals surface area (Å²) < 4.78 is 5.26. The van der Waals surface area contributed by atoms with Crippen LogP contribution in [0, 0.1) is 5.92 Å². The minimum Gasteiger partial charge on any atom is -0.495 e. The molecule has 0 aromatic heterocycles. The van der Waals surface area contributed by atoms with Gasteiger partial charge in [-0.25, -0.2) is 0 Å². The fourth-order valence-corrected chi connectivity index (χ4v) is 4.27. The zero-order valence-electron chi connectivity index (χ0n) is 16.6. The Labute approximate surface area is 172 Å². The number of ether oxygens (including phenoxy) is 1. The molecule has 0 atom stereocenters. The summed E-state index contributed by atoms with van der Waals surface area (Å²) in [6, 6.07) is 5.13. The van der Waals surface area contributed by atoms with Crippen LogP contribution in [0.25, 0.3) is 0 Å². The highest BCUT2D eigenvalue weighted by molar-refractivity contribution is 6.31. The van der Waals surface area contributed by atoms with Gasteiger partial charge in [0.1, 0.15) is 5.75 Å². The first-order chi connectivity index (χ1) is 13.5. The molecule has 7 heteroatoms. The van der Waals surface area contributed by atoms with Gasteiger partial charge in [-0.15, -0.1) is 0 Å². The average molecular weight is 408 g/mol. The van der Waals surface area contributed by atoms with Crippen LogP contribution in [0.1, 0.15) is 38.5 Å². The van der Waals surface area contributed by atoms with Gasteiger partial charge in [0, 0.05) is 37.6 Å². The zero-order valence-corrected chi connectivity index (χ0v) is 17.3. The van der Waals surface area contributed by atoms with Gasteiger partial charge in [-0.05, 0) is 37.0 Å². The van der Waals surface area contributed by atoms with Gasteiger partial charge in [0.25, 0.3) is 0 Å². The molecule has 6 nitrogen and oxygen atoms in total. The molecule has 0 bridgehead atoms. The molecule has 0 radical (unpaired) electrons. The van der Waals surface area contributed by atoms with E-state index in [-0.39, 0.29) is 11.8 Å². The molecular formula is C21H30ClN3O3. The number of amides is 2. The van der Waals surface area contributed by atoms with Crippen molar-refractivity contribution in [1.82, 2.24) is 9.80 Å². The smallest absolute Gasteiger partial charge is 0.238 e. The molecule has 2 aliphatic rings. The summed E-state index contributed by atoms with van der Waals surface area (Å²) in [5.74, 6) is 1.32. The molecule has 2 amide bonds. The molecule has 1 aromatic rings. The van der Waals surface area contributed by atoms with Gasteiger partial charge in [-0.2, -0.15) is 0 Å². The van der Waals surface area contributed by atoms with E-state index in [1.165, 1.54) is 32.1 Å². The van der Waals surface area contributed by atoms with Gasteiger partial charge in [0.15, 0.2) is 0 Å². The second kappa shape index (κ2) is 10.1. The zero-order chi connectivity index (χ0) is 19.9. The fourth-order valence-electron chi connectivity index (χ4n) is 4.09. The summed E-state index contributed by atoms with van der Waals surface area (Å²) in [6.07, 6.45) is 6.91. The second-order valence-corrected chi connectivity index (χ2v) is 8.19. The van der Waals surface area contributed by atoms with E-state index < -0.39 is 0 Å². The number of nitrogens with zero attached hydrogens (tertiary/aromatic N) is 2. The van der Waals surface area contributed by atoms with Crippen molar-refractivity contribution in [3.63, 3.8) is 0 Å². The van der Waals surface area contributed by atoms with Crippen molar-refractivity contribution >= 4 is 29.1 Å². The molecule has 1 aliphatic carbocycles. The van der Waals surface area contributed by atoms with Crippen LogP contribution in [0.4, 0.5) is 5.69 Å². The van der Waals surface area contributed by atoms with E-state index in [0.29, 0.717) is 48.4 Å². The Morgan fingerprint density at radius 1 is 1.14 bits per heavy atom. The monoisotopic (exact) mass is 407 g/mol. The van der Waals surface area contributed by atoms with Crippen molar-refractivity contribution < 1.29 is 14.3 Å². The quantitative estimate of drug-likeness (QED) is 0.785. The van der Waals surface area contributed by atoms with E-state index in [1.807, 2.05) is 4.90 Å². The number of carbonyl (C=O) groups is 2. The Morgan fingerprint density at radius 3 is 2.54 bits per heavy atom. The van der Waals surface area contributed by atoms with Crippen LogP contribution < -0.4 is 10.1 Å². The Balaban J connectivity index is 1.43. The number of hydrogen-bond donors (Lipinski definition) is 1. The third-order valence-corrected chi connectivity index (χ3v) is 5.95. The molecular weight excluding hydrogens is 378 g/mol. The molecule has 3 rings (SSSR count). The Bertz CT molecular complexity index is 683. The van der Waals surface area contributed by atoms with Gasteiger partial charge < -0.3 is 15.0 Å². The molecule has 154 valence electrons. The average Bonchev–Trinajstić information content (AvgIpc) is 2.69. The van der Waals surface area contributed by atoms with Crippen LogP contribution in [-0.2, 0) is 9.59 Å². The molecule has 1 aromatic carbocycles. The maximum atomic E-state index is 12.5. The fraction of sp³-hybridized carbons (Fsp3) is 0.619. The Kier molecular flexibility index (Phi) is 7.57. The highest BCUT2D eigenvalue weighted by Crippen LogP contribution is 2.28. The number of rotatable bonds is 6. The van der Waals surface area contributed by atoms with E-state index >= 15 is 0 Å². The topological polar surface area (TPSA) is 61.9 Å². The van der Waals surface area contributed by atoms with Crippen molar-refractivity contribution in [3.8, 4) is 5.75 Å². The van der Waals surface area contributed by atoms with Crippen molar-refractivity contribution in [2.24, 2.45) is 5.92 Å². The predicted octanol–water partition coefficient (Wildman–Crippen LogP) is 3.40. The molecule has 2 fully saturated rings. The number of piperazine rings is 1. The van der Waals surface area contributed by atoms with Crippen LogP contribution in [0.5, 0.6) is 5.75 Å². The third kappa shape index (κ3) is 5.85. The lowest BCUT2D eigenvalue weighted by Gasteiger charge is -2.35. The summed E-state index contributed by atoms with van der Waals surface area (Å²) in [7, 11) is 1.56. The molecule has 28 heavy (non-hydrogen) atoms. The molecule has 1 saturated carbocycles. The van der Waals surface area contributed by atoms with Gasteiger partial charge in [0.2, 0.25) is 11.8 Å².